The number of carbonyl (C=O) groups excluding carboxylic acids is 2. The van der Waals surface area contributed by atoms with E-state index in [2.05, 4.69) is 10.6 Å². The summed E-state index contributed by atoms with van der Waals surface area (Å²) in [4.78, 5) is 39.5. The zero-order chi connectivity index (χ0) is 21.8. The molecule has 0 saturated carbocycles. The fourth-order valence-electron chi connectivity index (χ4n) is 3.56. The number of aromatic nitrogens is 1. The molecule has 2 amide bonds. The predicted molar refractivity (Wildman–Crippen MR) is 123 cm³/mol. The Labute approximate surface area is 179 Å². The molecular weight excluding hydrogens is 390 g/mol. The molecule has 0 bridgehead atoms. The topological polar surface area (TPSA) is 80.2 Å². The lowest BCUT2D eigenvalue weighted by Gasteiger charge is -2.17. The first kappa shape index (κ1) is 20.1. The highest BCUT2D eigenvalue weighted by Crippen LogP contribution is 2.25. The quantitative estimate of drug-likeness (QED) is 0.506. The predicted octanol–water partition coefficient (Wildman–Crippen LogP) is 4.53. The normalized spacial score (nSPS) is 10.6. The van der Waals surface area contributed by atoms with Gasteiger partial charge in [0.2, 0.25) is 0 Å². The van der Waals surface area contributed by atoms with Gasteiger partial charge >= 0.3 is 0 Å². The average Bonchev–Trinajstić information content (AvgIpc) is 2.80. The van der Waals surface area contributed by atoms with Crippen molar-refractivity contribution in [1.29, 1.82) is 0 Å². The van der Waals surface area contributed by atoms with Gasteiger partial charge in [0.25, 0.3) is 17.4 Å². The SMILES string of the molecule is CCn1c(=O)c(NC(=O)c2ccccc2)c(C(=O)Nc2ccccc2)c2ccccc21. The van der Waals surface area contributed by atoms with Crippen LogP contribution in [0.1, 0.15) is 27.6 Å². The first-order valence-corrected chi connectivity index (χ1v) is 9.98. The van der Waals surface area contributed by atoms with E-state index in [1.807, 2.05) is 19.1 Å². The van der Waals surface area contributed by atoms with Crippen LogP contribution in [-0.2, 0) is 6.54 Å². The van der Waals surface area contributed by atoms with Crippen molar-refractivity contribution in [1.82, 2.24) is 4.57 Å². The molecule has 4 aromatic rings. The maximum Gasteiger partial charge on any atom is 0.275 e. The Bertz CT molecular complexity index is 1310. The molecule has 1 heterocycles. The summed E-state index contributed by atoms with van der Waals surface area (Å²) in [7, 11) is 0. The Morgan fingerprint density at radius 2 is 1.39 bits per heavy atom. The van der Waals surface area contributed by atoms with Gasteiger partial charge in [-0.05, 0) is 37.3 Å². The van der Waals surface area contributed by atoms with Gasteiger partial charge in [-0.25, -0.2) is 0 Å². The van der Waals surface area contributed by atoms with Gasteiger partial charge in [-0.15, -0.1) is 0 Å². The van der Waals surface area contributed by atoms with E-state index >= 15 is 0 Å². The van der Waals surface area contributed by atoms with Crippen LogP contribution in [0.25, 0.3) is 10.9 Å². The van der Waals surface area contributed by atoms with Gasteiger partial charge in [-0.1, -0.05) is 54.6 Å². The van der Waals surface area contributed by atoms with Crippen molar-refractivity contribution in [2.45, 2.75) is 13.5 Å². The summed E-state index contributed by atoms with van der Waals surface area (Å²) >= 11 is 0. The Balaban J connectivity index is 1.89. The number of pyridine rings is 1. The third kappa shape index (κ3) is 3.96. The van der Waals surface area contributed by atoms with Crippen molar-refractivity contribution in [3.05, 3.63) is 106 Å². The number of carbonyl (C=O) groups is 2. The zero-order valence-electron chi connectivity index (χ0n) is 17.0. The molecule has 0 atom stereocenters. The van der Waals surface area contributed by atoms with E-state index in [9.17, 15) is 14.4 Å². The molecule has 0 fully saturated rings. The van der Waals surface area contributed by atoms with Gasteiger partial charge in [0.05, 0.1) is 11.1 Å². The van der Waals surface area contributed by atoms with E-state index in [0.717, 1.165) is 0 Å². The summed E-state index contributed by atoms with van der Waals surface area (Å²) in [6, 6.07) is 24.7. The second-order valence-electron chi connectivity index (χ2n) is 6.96. The lowest BCUT2D eigenvalue weighted by atomic mass is 10.0. The fraction of sp³-hybridized carbons (Fsp3) is 0.0800. The van der Waals surface area contributed by atoms with Gasteiger partial charge in [0.1, 0.15) is 5.69 Å². The highest BCUT2D eigenvalue weighted by molar-refractivity contribution is 6.18. The van der Waals surface area contributed by atoms with E-state index < -0.39 is 17.4 Å². The van der Waals surface area contributed by atoms with Crippen molar-refractivity contribution in [2.75, 3.05) is 10.6 Å². The van der Waals surface area contributed by atoms with E-state index in [0.29, 0.717) is 28.7 Å². The maximum absolute atomic E-state index is 13.3. The van der Waals surface area contributed by atoms with E-state index in [1.165, 1.54) is 0 Å². The van der Waals surface area contributed by atoms with E-state index in [1.54, 1.807) is 77.4 Å². The molecule has 4 rings (SSSR count). The number of fused-ring (bicyclic) bond motifs is 1. The molecule has 31 heavy (non-hydrogen) atoms. The summed E-state index contributed by atoms with van der Waals surface area (Å²) in [5.74, 6) is -0.921. The Kier molecular flexibility index (Phi) is 5.62. The average molecular weight is 411 g/mol. The van der Waals surface area contributed by atoms with Crippen LogP contribution in [0.15, 0.2) is 89.7 Å². The summed E-state index contributed by atoms with van der Waals surface area (Å²) in [5.41, 5.74) is 1.29. The largest absolute Gasteiger partial charge is 0.322 e. The number of aryl methyl sites for hydroxylation is 1. The molecule has 0 aliphatic rings. The highest BCUT2D eigenvalue weighted by Gasteiger charge is 2.23. The second kappa shape index (κ2) is 8.67. The summed E-state index contributed by atoms with van der Waals surface area (Å²) < 4.78 is 1.55. The van der Waals surface area contributed by atoms with Crippen molar-refractivity contribution >= 4 is 34.1 Å². The second-order valence-corrected chi connectivity index (χ2v) is 6.96. The summed E-state index contributed by atoms with van der Waals surface area (Å²) in [6.45, 7) is 2.24. The van der Waals surface area contributed by atoms with Crippen molar-refractivity contribution < 1.29 is 9.59 Å². The standard InChI is InChI=1S/C25H21N3O3/c1-2-28-20-16-10-9-15-19(20)21(24(30)26-18-13-7-4-8-14-18)22(25(28)31)27-23(29)17-11-5-3-6-12-17/h3-16H,2H2,1H3,(H,26,30)(H,27,29). The molecule has 0 aliphatic carbocycles. The first-order valence-electron chi connectivity index (χ1n) is 9.98. The number of amides is 2. The van der Waals surface area contributed by atoms with Crippen molar-refractivity contribution in [3.63, 3.8) is 0 Å². The number of nitrogens with zero attached hydrogens (tertiary/aromatic N) is 1. The van der Waals surface area contributed by atoms with Crippen LogP contribution in [0.2, 0.25) is 0 Å². The minimum Gasteiger partial charge on any atom is -0.322 e. The highest BCUT2D eigenvalue weighted by atomic mass is 16.2. The number of hydrogen-bond donors (Lipinski definition) is 2. The summed E-state index contributed by atoms with van der Waals surface area (Å²) in [6.07, 6.45) is 0. The van der Waals surface area contributed by atoms with Gasteiger partial charge in [-0.3, -0.25) is 14.4 Å². The molecule has 3 aromatic carbocycles. The minimum atomic E-state index is -0.467. The maximum atomic E-state index is 13.3. The van der Waals surface area contributed by atoms with Gasteiger partial charge < -0.3 is 15.2 Å². The number of benzene rings is 3. The number of para-hydroxylation sites is 2. The zero-order valence-corrected chi connectivity index (χ0v) is 17.0. The third-order valence-corrected chi connectivity index (χ3v) is 5.02. The van der Waals surface area contributed by atoms with Crippen LogP contribution in [0.3, 0.4) is 0 Å². The lowest BCUT2D eigenvalue weighted by Crippen LogP contribution is -2.30. The van der Waals surface area contributed by atoms with Crippen LogP contribution >= 0.6 is 0 Å². The van der Waals surface area contributed by atoms with Crippen LogP contribution in [0.5, 0.6) is 0 Å². The van der Waals surface area contributed by atoms with Gasteiger partial charge in [-0.2, -0.15) is 0 Å². The van der Waals surface area contributed by atoms with Crippen molar-refractivity contribution in [3.8, 4) is 0 Å². The van der Waals surface area contributed by atoms with Crippen LogP contribution < -0.4 is 16.2 Å². The van der Waals surface area contributed by atoms with Gasteiger partial charge in [0, 0.05) is 23.2 Å². The molecule has 0 unspecified atom stereocenters. The van der Waals surface area contributed by atoms with E-state index in [-0.39, 0.29) is 11.3 Å². The van der Waals surface area contributed by atoms with Crippen LogP contribution in [0.4, 0.5) is 11.4 Å². The molecule has 2 N–H and O–H groups in total. The molecule has 6 heteroatoms. The fourth-order valence-corrected chi connectivity index (χ4v) is 3.56. The Hall–Kier alpha value is -4.19. The molecule has 0 radical (unpaired) electrons. The molecule has 0 spiro atoms. The van der Waals surface area contributed by atoms with Crippen LogP contribution in [-0.4, -0.2) is 16.4 Å². The number of hydrogen-bond acceptors (Lipinski definition) is 3. The molecule has 0 saturated heterocycles. The van der Waals surface area contributed by atoms with E-state index in [4.69, 9.17) is 0 Å². The van der Waals surface area contributed by atoms with Crippen molar-refractivity contribution in [2.24, 2.45) is 0 Å². The smallest absolute Gasteiger partial charge is 0.275 e. The Morgan fingerprint density at radius 3 is 2.06 bits per heavy atom. The molecular formula is C25H21N3O3. The molecule has 6 nitrogen and oxygen atoms in total. The van der Waals surface area contributed by atoms with Gasteiger partial charge in [0.15, 0.2) is 0 Å². The monoisotopic (exact) mass is 411 g/mol. The molecule has 1 aromatic heterocycles. The molecule has 0 aliphatic heterocycles. The molecule has 154 valence electrons. The first-order chi connectivity index (χ1) is 15.1. The number of anilines is 2. The minimum absolute atomic E-state index is 0.0390. The third-order valence-electron chi connectivity index (χ3n) is 5.02. The number of nitrogens with one attached hydrogen (secondary N) is 2. The summed E-state index contributed by atoms with van der Waals surface area (Å²) in [5, 5.41) is 6.11. The lowest BCUT2D eigenvalue weighted by molar-refractivity contribution is 0.102. The van der Waals surface area contributed by atoms with Crippen LogP contribution in [0, 0.1) is 0 Å². The Morgan fingerprint density at radius 1 is 0.774 bits per heavy atom. The number of rotatable bonds is 5.